The smallest absolute Gasteiger partial charge is 0.106 e. The Kier molecular flexibility index (Phi) is 4.53. The molecule has 2 rings (SSSR count). The summed E-state index contributed by atoms with van der Waals surface area (Å²) in [5.74, 6) is 0. The van der Waals surface area contributed by atoms with E-state index in [-0.39, 0.29) is 5.54 Å². The van der Waals surface area contributed by atoms with Crippen LogP contribution in [0.25, 0.3) is 0 Å². The van der Waals surface area contributed by atoms with Gasteiger partial charge in [0, 0.05) is 12.6 Å². The van der Waals surface area contributed by atoms with Gasteiger partial charge >= 0.3 is 0 Å². The van der Waals surface area contributed by atoms with Gasteiger partial charge < -0.3 is 4.90 Å². The highest BCUT2D eigenvalue weighted by Crippen LogP contribution is 2.30. The van der Waals surface area contributed by atoms with Crippen LogP contribution in [0.4, 0.5) is 0 Å². The second-order valence-electron chi connectivity index (χ2n) is 7.26. The van der Waals surface area contributed by atoms with Crippen LogP contribution in [0.5, 0.6) is 0 Å². The summed E-state index contributed by atoms with van der Waals surface area (Å²) in [5.41, 5.74) is 0.222. The largest absolute Gasteiger partial charge is 0.303 e. The van der Waals surface area contributed by atoms with Gasteiger partial charge in [0.05, 0.1) is 6.07 Å². The third kappa shape index (κ3) is 4.19. The van der Waals surface area contributed by atoms with Crippen molar-refractivity contribution in [3.05, 3.63) is 0 Å². The van der Waals surface area contributed by atoms with Gasteiger partial charge in [0.2, 0.25) is 0 Å². The number of hydrogen-bond donors (Lipinski definition) is 1. The van der Waals surface area contributed by atoms with Gasteiger partial charge in [-0.2, -0.15) is 5.26 Å². The lowest BCUT2D eigenvalue weighted by Crippen LogP contribution is -2.45. The average molecular weight is 263 g/mol. The first-order valence-electron chi connectivity index (χ1n) is 7.90. The van der Waals surface area contributed by atoms with Crippen molar-refractivity contribution in [2.24, 2.45) is 5.41 Å². The molecule has 3 nitrogen and oxygen atoms in total. The predicted octanol–water partition coefficient (Wildman–Crippen LogP) is 2.92. The standard InChI is InChI=1S/C16H29N3/c1-4-16(12-17,18-14-6-7-14)8-5-10-19-11-9-15(2,3)13-19/h14,18H,4-11,13H2,1-3H3. The minimum atomic E-state index is -0.267. The summed E-state index contributed by atoms with van der Waals surface area (Å²) in [5, 5.41) is 13.1. The highest BCUT2D eigenvalue weighted by Gasteiger charge is 2.35. The summed E-state index contributed by atoms with van der Waals surface area (Å²) in [4.78, 5) is 2.56. The summed E-state index contributed by atoms with van der Waals surface area (Å²) < 4.78 is 0. The summed E-state index contributed by atoms with van der Waals surface area (Å²) in [7, 11) is 0. The van der Waals surface area contributed by atoms with E-state index < -0.39 is 0 Å². The number of nitriles is 1. The number of likely N-dealkylation sites (tertiary alicyclic amines) is 1. The van der Waals surface area contributed by atoms with Gasteiger partial charge in [-0.15, -0.1) is 0 Å². The number of nitrogens with one attached hydrogen (secondary N) is 1. The lowest BCUT2D eigenvalue weighted by atomic mass is 9.91. The van der Waals surface area contributed by atoms with E-state index in [9.17, 15) is 5.26 Å². The topological polar surface area (TPSA) is 39.1 Å². The van der Waals surface area contributed by atoms with Crippen LogP contribution < -0.4 is 5.32 Å². The van der Waals surface area contributed by atoms with Crippen LogP contribution in [-0.4, -0.2) is 36.1 Å². The van der Waals surface area contributed by atoms with E-state index >= 15 is 0 Å². The van der Waals surface area contributed by atoms with Crippen molar-refractivity contribution < 1.29 is 0 Å². The molecule has 1 unspecified atom stereocenters. The molecule has 1 aliphatic heterocycles. The molecule has 19 heavy (non-hydrogen) atoms. The molecule has 2 fully saturated rings. The van der Waals surface area contributed by atoms with Crippen LogP contribution in [0, 0.1) is 16.7 Å². The van der Waals surface area contributed by atoms with Gasteiger partial charge in [0.1, 0.15) is 5.54 Å². The highest BCUT2D eigenvalue weighted by atomic mass is 15.2. The maximum Gasteiger partial charge on any atom is 0.106 e. The van der Waals surface area contributed by atoms with Crippen molar-refractivity contribution in [3.63, 3.8) is 0 Å². The summed E-state index contributed by atoms with van der Waals surface area (Å²) >= 11 is 0. The molecule has 0 radical (unpaired) electrons. The molecule has 0 spiro atoms. The molecule has 0 aromatic heterocycles. The fourth-order valence-corrected chi connectivity index (χ4v) is 3.16. The molecule has 1 saturated carbocycles. The van der Waals surface area contributed by atoms with Gasteiger partial charge in [-0.05, 0) is 57.0 Å². The van der Waals surface area contributed by atoms with E-state index in [1.54, 1.807) is 0 Å². The molecule has 3 heteroatoms. The molecule has 1 saturated heterocycles. The number of nitrogens with zero attached hydrogens (tertiary/aromatic N) is 2. The van der Waals surface area contributed by atoms with Crippen LogP contribution in [-0.2, 0) is 0 Å². The van der Waals surface area contributed by atoms with E-state index in [1.165, 1.54) is 32.4 Å². The van der Waals surface area contributed by atoms with E-state index in [4.69, 9.17) is 0 Å². The van der Waals surface area contributed by atoms with Gasteiger partial charge in [0.25, 0.3) is 0 Å². The molecule has 2 aliphatic rings. The van der Waals surface area contributed by atoms with Crippen molar-refractivity contribution in [3.8, 4) is 6.07 Å². The Hall–Kier alpha value is -0.590. The second kappa shape index (κ2) is 5.81. The minimum Gasteiger partial charge on any atom is -0.303 e. The number of hydrogen-bond acceptors (Lipinski definition) is 3. The third-order valence-corrected chi connectivity index (χ3v) is 4.71. The quantitative estimate of drug-likeness (QED) is 0.767. The third-order valence-electron chi connectivity index (χ3n) is 4.71. The molecule has 0 bridgehead atoms. The number of rotatable bonds is 7. The lowest BCUT2D eigenvalue weighted by molar-refractivity contribution is 0.268. The summed E-state index contributed by atoms with van der Waals surface area (Å²) in [6.07, 6.45) is 6.87. The molecule has 1 atom stereocenters. The normalized spacial score (nSPS) is 26.0. The highest BCUT2D eigenvalue weighted by molar-refractivity contribution is 5.09. The average Bonchev–Trinajstić information content (AvgIpc) is 3.11. The Morgan fingerprint density at radius 1 is 1.42 bits per heavy atom. The Balaban J connectivity index is 1.75. The first kappa shape index (κ1) is 14.8. The van der Waals surface area contributed by atoms with Crippen molar-refractivity contribution >= 4 is 0 Å². The second-order valence-corrected chi connectivity index (χ2v) is 7.26. The van der Waals surface area contributed by atoms with E-state index in [2.05, 4.69) is 37.1 Å². The Morgan fingerprint density at radius 2 is 2.16 bits per heavy atom. The zero-order chi connectivity index (χ0) is 13.9. The zero-order valence-electron chi connectivity index (χ0n) is 12.8. The molecule has 1 heterocycles. The van der Waals surface area contributed by atoms with E-state index in [0.717, 1.165) is 25.8 Å². The van der Waals surface area contributed by atoms with Crippen molar-refractivity contribution in [1.82, 2.24) is 10.2 Å². The van der Waals surface area contributed by atoms with Gasteiger partial charge in [-0.3, -0.25) is 5.32 Å². The van der Waals surface area contributed by atoms with Crippen molar-refractivity contribution in [1.29, 1.82) is 5.26 Å². The molecular formula is C16H29N3. The fraction of sp³-hybridized carbons (Fsp3) is 0.938. The first-order valence-corrected chi connectivity index (χ1v) is 7.90. The Morgan fingerprint density at radius 3 is 2.63 bits per heavy atom. The van der Waals surface area contributed by atoms with Crippen molar-refractivity contribution in [2.75, 3.05) is 19.6 Å². The van der Waals surface area contributed by atoms with E-state index in [1.807, 2.05) is 0 Å². The molecule has 0 aromatic rings. The van der Waals surface area contributed by atoms with Gasteiger partial charge in [-0.25, -0.2) is 0 Å². The lowest BCUT2D eigenvalue weighted by Gasteiger charge is -2.28. The van der Waals surface area contributed by atoms with Crippen LogP contribution in [0.3, 0.4) is 0 Å². The van der Waals surface area contributed by atoms with E-state index in [0.29, 0.717) is 11.5 Å². The Bertz CT molecular complexity index is 340. The fourth-order valence-electron chi connectivity index (χ4n) is 3.16. The SMILES string of the molecule is CCC(C#N)(CCCN1CCC(C)(C)C1)NC1CC1. The van der Waals surface area contributed by atoms with Crippen molar-refractivity contribution in [2.45, 2.75) is 70.9 Å². The van der Waals surface area contributed by atoms with Crippen LogP contribution in [0.2, 0.25) is 0 Å². The molecule has 0 aromatic carbocycles. The molecule has 0 amide bonds. The van der Waals surface area contributed by atoms with Gasteiger partial charge in [-0.1, -0.05) is 20.8 Å². The zero-order valence-corrected chi connectivity index (χ0v) is 12.8. The van der Waals surface area contributed by atoms with Gasteiger partial charge in [0.15, 0.2) is 0 Å². The van der Waals surface area contributed by atoms with Crippen LogP contribution in [0.1, 0.15) is 59.3 Å². The molecule has 108 valence electrons. The minimum absolute atomic E-state index is 0.267. The maximum atomic E-state index is 9.50. The van der Waals surface area contributed by atoms with Crippen LogP contribution >= 0.6 is 0 Å². The first-order chi connectivity index (χ1) is 8.99. The Labute approximate surface area is 118 Å². The molecule has 1 N–H and O–H groups in total. The predicted molar refractivity (Wildman–Crippen MR) is 78.9 cm³/mol. The molecular weight excluding hydrogens is 234 g/mol. The monoisotopic (exact) mass is 263 g/mol. The summed E-state index contributed by atoms with van der Waals surface area (Å²) in [6, 6.07) is 3.16. The maximum absolute atomic E-state index is 9.50. The molecule has 1 aliphatic carbocycles. The summed E-state index contributed by atoms with van der Waals surface area (Å²) in [6.45, 7) is 10.4. The van der Waals surface area contributed by atoms with Crippen LogP contribution in [0.15, 0.2) is 0 Å².